The first-order chi connectivity index (χ1) is 19.5. The number of aliphatic carboxylic acids is 1. The zero-order valence-corrected chi connectivity index (χ0v) is 22.2. The molecule has 6 heteroatoms. The summed E-state index contributed by atoms with van der Waals surface area (Å²) < 4.78 is 17.6. The van der Waals surface area contributed by atoms with Crippen LogP contribution in [0.15, 0.2) is 102 Å². The van der Waals surface area contributed by atoms with Crippen molar-refractivity contribution in [1.82, 2.24) is 4.98 Å². The lowest BCUT2D eigenvalue weighted by molar-refractivity contribution is -0.143. The highest BCUT2D eigenvalue weighted by Gasteiger charge is 2.26. The van der Waals surface area contributed by atoms with Crippen molar-refractivity contribution in [2.45, 2.75) is 19.8 Å². The number of aromatic nitrogens is 1. The molecule has 0 fully saturated rings. The Balaban J connectivity index is 1.20. The number of benzene rings is 4. The third-order valence-corrected chi connectivity index (χ3v) is 7.24. The van der Waals surface area contributed by atoms with Gasteiger partial charge in [0.25, 0.3) is 0 Å². The summed E-state index contributed by atoms with van der Waals surface area (Å²) in [5.74, 6) is 0.584. The van der Waals surface area contributed by atoms with E-state index in [0.29, 0.717) is 36.8 Å². The molecule has 0 aliphatic carbocycles. The maximum absolute atomic E-state index is 11.3. The van der Waals surface area contributed by atoms with Crippen LogP contribution in [0.5, 0.6) is 11.5 Å². The Kier molecular flexibility index (Phi) is 7.06. The van der Waals surface area contributed by atoms with E-state index in [1.165, 1.54) is 11.1 Å². The molecule has 0 amide bonds. The van der Waals surface area contributed by atoms with E-state index in [4.69, 9.17) is 18.9 Å². The van der Waals surface area contributed by atoms with Crippen LogP contribution in [0, 0.1) is 12.8 Å². The summed E-state index contributed by atoms with van der Waals surface area (Å²) in [6.07, 6.45) is 2.73. The second kappa shape index (κ2) is 11.1. The Morgan fingerprint density at radius 2 is 1.65 bits per heavy atom. The van der Waals surface area contributed by atoms with Gasteiger partial charge in [-0.1, -0.05) is 66.7 Å². The number of nitrogens with zero attached hydrogens (tertiary/aromatic N) is 1. The van der Waals surface area contributed by atoms with Gasteiger partial charge >= 0.3 is 5.97 Å². The number of hydrogen-bond acceptors (Lipinski definition) is 5. The van der Waals surface area contributed by atoms with E-state index in [-0.39, 0.29) is 6.61 Å². The van der Waals surface area contributed by atoms with Crippen molar-refractivity contribution in [2.75, 3.05) is 13.2 Å². The zero-order valence-electron chi connectivity index (χ0n) is 22.2. The minimum atomic E-state index is -0.837. The number of aryl methyl sites for hydroxylation is 1. The van der Waals surface area contributed by atoms with Crippen LogP contribution < -0.4 is 9.47 Å². The van der Waals surface area contributed by atoms with Crippen molar-refractivity contribution in [3.05, 3.63) is 114 Å². The number of carboxylic acid groups (broad SMARTS) is 1. The molecule has 2 heterocycles. The summed E-state index contributed by atoms with van der Waals surface area (Å²) in [5, 5.41) is 9.25. The van der Waals surface area contributed by atoms with Gasteiger partial charge in [0, 0.05) is 18.1 Å². The van der Waals surface area contributed by atoms with Gasteiger partial charge in [-0.15, -0.1) is 0 Å². The minimum Gasteiger partial charge on any atom is -0.493 e. The van der Waals surface area contributed by atoms with Crippen molar-refractivity contribution < 1.29 is 23.8 Å². The Bertz CT molecular complexity index is 1640. The molecule has 1 unspecified atom stereocenters. The highest BCUT2D eigenvalue weighted by molar-refractivity contribution is 5.86. The molecule has 200 valence electrons. The first kappa shape index (κ1) is 25.4. The van der Waals surface area contributed by atoms with Crippen LogP contribution in [0.4, 0.5) is 0 Å². The van der Waals surface area contributed by atoms with Gasteiger partial charge in [-0.2, -0.15) is 0 Å². The van der Waals surface area contributed by atoms with Gasteiger partial charge in [0.1, 0.15) is 24.4 Å². The third kappa shape index (κ3) is 5.34. The predicted molar refractivity (Wildman–Crippen MR) is 154 cm³/mol. The van der Waals surface area contributed by atoms with Gasteiger partial charge in [0.05, 0.1) is 18.2 Å². The summed E-state index contributed by atoms with van der Waals surface area (Å²) in [4.78, 5) is 16.1. The molecule has 1 atom stereocenters. The second-order valence-electron chi connectivity index (χ2n) is 10.0. The number of carboxylic acids is 1. The molecule has 0 saturated heterocycles. The number of oxazole rings is 1. The minimum absolute atomic E-state index is 0.171. The van der Waals surface area contributed by atoms with Crippen molar-refractivity contribution in [3.63, 3.8) is 0 Å². The molecule has 6 nitrogen and oxygen atoms in total. The molecule has 5 aromatic rings. The maximum Gasteiger partial charge on any atom is 0.310 e. The van der Waals surface area contributed by atoms with Crippen molar-refractivity contribution in [2.24, 2.45) is 5.92 Å². The largest absolute Gasteiger partial charge is 0.493 e. The van der Waals surface area contributed by atoms with Crippen LogP contribution in [0.2, 0.25) is 0 Å². The van der Waals surface area contributed by atoms with Gasteiger partial charge in [-0.05, 0) is 64.9 Å². The van der Waals surface area contributed by atoms with Crippen LogP contribution in [0.25, 0.3) is 33.7 Å². The van der Waals surface area contributed by atoms with Gasteiger partial charge in [-0.25, -0.2) is 4.98 Å². The molecule has 1 aliphatic heterocycles. The Labute approximate surface area is 232 Å². The van der Waals surface area contributed by atoms with Gasteiger partial charge < -0.3 is 19.0 Å². The molecule has 0 radical (unpaired) electrons. The van der Waals surface area contributed by atoms with E-state index in [1.807, 2.05) is 42.5 Å². The first-order valence-electron chi connectivity index (χ1n) is 13.4. The Morgan fingerprint density at radius 1 is 0.925 bits per heavy atom. The summed E-state index contributed by atoms with van der Waals surface area (Å²) >= 11 is 0. The SMILES string of the molecule is Cc1cc(-c2nc(CCOc3ccc4c(c3)OCC(C(=O)O)C4)co2)c(-c2ccccc2)cc1-c1ccccc1. The molecular weight excluding hydrogens is 502 g/mol. The molecule has 0 spiro atoms. The molecule has 1 aliphatic rings. The number of ether oxygens (including phenoxy) is 2. The number of carbonyl (C=O) groups is 1. The molecule has 1 aromatic heterocycles. The average molecular weight is 532 g/mol. The number of fused-ring (bicyclic) bond motifs is 1. The van der Waals surface area contributed by atoms with Crippen molar-refractivity contribution >= 4 is 5.97 Å². The van der Waals surface area contributed by atoms with E-state index in [0.717, 1.165) is 33.5 Å². The van der Waals surface area contributed by atoms with Gasteiger partial charge in [0.15, 0.2) is 0 Å². The molecular formula is C34H29NO5. The second-order valence-corrected chi connectivity index (χ2v) is 10.0. The summed E-state index contributed by atoms with van der Waals surface area (Å²) in [6, 6.07) is 30.6. The molecule has 6 rings (SSSR count). The molecule has 40 heavy (non-hydrogen) atoms. The lowest BCUT2D eigenvalue weighted by atomic mass is 9.91. The number of hydrogen-bond donors (Lipinski definition) is 1. The van der Waals surface area contributed by atoms with Crippen molar-refractivity contribution in [3.8, 4) is 45.2 Å². The van der Waals surface area contributed by atoms with E-state index in [2.05, 4.69) is 55.5 Å². The monoisotopic (exact) mass is 531 g/mol. The van der Waals surface area contributed by atoms with E-state index in [1.54, 1.807) is 6.26 Å². The normalized spacial score (nSPS) is 14.3. The summed E-state index contributed by atoms with van der Waals surface area (Å²) in [5.41, 5.74) is 8.29. The van der Waals surface area contributed by atoms with E-state index < -0.39 is 11.9 Å². The fourth-order valence-corrected chi connectivity index (χ4v) is 5.09. The quantitative estimate of drug-likeness (QED) is 0.227. The number of rotatable bonds is 8. The topological polar surface area (TPSA) is 81.8 Å². The summed E-state index contributed by atoms with van der Waals surface area (Å²) in [7, 11) is 0. The van der Waals surface area contributed by atoms with Crippen molar-refractivity contribution in [1.29, 1.82) is 0 Å². The third-order valence-electron chi connectivity index (χ3n) is 7.24. The Morgan fingerprint density at radius 3 is 2.38 bits per heavy atom. The van der Waals surface area contributed by atoms with Crippen LogP contribution in [0.1, 0.15) is 16.8 Å². The molecule has 0 saturated carbocycles. The lowest BCUT2D eigenvalue weighted by Gasteiger charge is -2.23. The Hall–Kier alpha value is -4.84. The van der Waals surface area contributed by atoms with E-state index in [9.17, 15) is 9.90 Å². The van der Waals surface area contributed by atoms with E-state index >= 15 is 0 Å². The first-order valence-corrected chi connectivity index (χ1v) is 13.4. The van der Waals surface area contributed by atoms with Gasteiger partial charge in [-0.3, -0.25) is 4.79 Å². The average Bonchev–Trinajstić information content (AvgIpc) is 3.46. The lowest BCUT2D eigenvalue weighted by Crippen LogP contribution is -2.27. The molecule has 0 bridgehead atoms. The zero-order chi connectivity index (χ0) is 27.5. The molecule has 4 aromatic carbocycles. The fraction of sp³-hybridized carbons (Fsp3) is 0.176. The summed E-state index contributed by atoms with van der Waals surface area (Å²) in [6.45, 7) is 2.70. The smallest absolute Gasteiger partial charge is 0.310 e. The fourth-order valence-electron chi connectivity index (χ4n) is 5.09. The highest BCUT2D eigenvalue weighted by Crippen LogP contribution is 2.38. The maximum atomic E-state index is 11.3. The standard InChI is InChI=1S/C34H29NO5/c1-22-16-31(30(24-10-6-3-7-11-24)19-29(22)23-8-4-2-5-9-23)33-35-27(21-40-33)14-15-38-28-13-12-25-17-26(34(36)37)20-39-32(25)18-28/h2-13,16,18-19,21,26H,14-15,17,20H2,1H3,(H,36,37). The van der Waals surface area contributed by atoms with Crippen LogP contribution in [-0.2, 0) is 17.6 Å². The van der Waals surface area contributed by atoms with Gasteiger partial charge in [0.2, 0.25) is 5.89 Å². The molecule has 1 N–H and O–H groups in total. The van der Waals surface area contributed by atoms with Crippen LogP contribution >= 0.6 is 0 Å². The highest BCUT2D eigenvalue weighted by atomic mass is 16.5. The predicted octanol–water partition coefficient (Wildman–Crippen LogP) is 7.24. The van der Waals surface area contributed by atoms with Crippen LogP contribution in [-0.4, -0.2) is 29.3 Å². The van der Waals surface area contributed by atoms with Crippen LogP contribution in [0.3, 0.4) is 0 Å².